The van der Waals surface area contributed by atoms with E-state index >= 15 is 0 Å². The summed E-state index contributed by atoms with van der Waals surface area (Å²) in [5.41, 5.74) is 8.71. The van der Waals surface area contributed by atoms with Gasteiger partial charge in [-0.2, -0.15) is 0 Å². The van der Waals surface area contributed by atoms with Gasteiger partial charge in [-0.15, -0.1) is 11.3 Å². The first kappa shape index (κ1) is 13.5. The summed E-state index contributed by atoms with van der Waals surface area (Å²) in [6, 6.07) is 3.96. The van der Waals surface area contributed by atoms with Gasteiger partial charge in [0.05, 0.1) is 12.8 Å². The summed E-state index contributed by atoms with van der Waals surface area (Å²) in [7, 11) is 1.62. The maximum absolute atomic E-state index is 6.29. The second kappa shape index (κ2) is 4.82. The molecule has 1 aliphatic carbocycles. The SMILES string of the molecule is COc1ccc(-c2nc3c(s2)C(N)CC(C)(C)C3)cn1. The smallest absolute Gasteiger partial charge is 0.212 e. The Balaban J connectivity index is 1.96. The molecule has 0 amide bonds. The maximum Gasteiger partial charge on any atom is 0.212 e. The van der Waals surface area contributed by atoms with Crippen LogP contribution in [-0.4, -0.2) is 17.1 Å². The summed E-state index contributed by atoms with van der Waals surface area (Å²) < 4.78 is 5.08. The zero-order valence-corrected chi connectivity index (χ0v) is 12.8. The highest BCUT2D eigenvalue weighted by Gasteiger charge is 2.33. The summed E-state index contributed by atoms with van der Waals surface area (Å²) in [5, 5.41) is 0.998. The monoisotopic (exact) mass is 289 g/mol. The van der Waals surface area contributed by atoms with Crippen LogP contribution in [-0.2, 0) is 6.42 Å². The standard InChI is InChI=1S/C15H19N3OS/c1-15(2)6-10(16)13-11(7-15)18-14(20-13)9-4-5-12(19-3)17-8-9/h4-5,8,10H,6-7,16H2,1-3H3. The molecule has 3 rings (SSSR count). The highest BCUT2D eigenvalue weighted by atomic mass is 32.1. The summed E-state index contributed by atoms with van der Waals surface area (Å²) in [6.45, 7) is 4.51. The van der Waals surface area contributed by atoms with Gasteiger partial charge in [0.15, 0.2) is 0 Å². The van der Waals surface area contributed by atoms with Crippen LogP contribution in [0.25, 0.3) is 10.6 Å². The number of fused-ring (bicyclic) bond motifs is 1. The minimum absolute atomic E-state index is 0.103. The maximum atomic E-state index is 6.29. The lowest BCUT2D eigenvalue weighted by atomic mass is 9.77. The van der Waals surface area contributed by atoms with Crippen LogP contribution in [0, 0.1) is 5.41 Å². The van der Waals surface area contributed by atoms with E-state index < -0.39 is 0 Å². The second-order valence-electron chi connectivity index (χ2n) is 6.07. The molecule has 1 unspecified atom stereocenters. The van der Waals surface area contributed by atoms with E-state index in [4.69, 9.17) is 15.5 Å². The fourth-order valence-corrected chi connectivity index (χ4v) is 3.82. The number of thiazole rings is 1. The van der Waals surface area contributed by atoms with Crippen molar-refractivity contribution in [3.8, 4) is 16.5 Å². The third-order valence-corrected chi connectivity index (χ3v) is 4.95. The number of nitrogens with zero attached hydrogens (tertiary/aromatic N) is 2. The minimum atomic E-state index is 0.103. The Labute approximate surface area is 123 Å². The lowest BCUT2D eigenvalue weighted by molar-refractivity contribution is 0.282. The first-order valence-electron chi connectivity index (χ1n) is 6.74. The van der Waals surface area contributed by atoms with Crippen LogP contribution in [0.5, 0.6) is 5.88 Å². The number of nitrogens with two attached hydrogens (primary N) is 1. The molecule has 0 spiro atoms. The van der Waals surface area contributed by atoms with Crippen molar-refractivity contribution in [3.63, 3.8) is 0 Å². The predicted molar refractivity (Wildman–Crippen MR) is 80.9 cm³/mol. The highest BCUT2D eigenvalue weighted by molar-refractivity contribution is 7.15. The number of hydrogen-bond acceptors (Lipinski definition) is 5. The molecule has 5 heteroatoms. The molecule has 2 aromatic rings. The number of methoxy groups -OCH3 is 1. The molecule has 0 bridgehead atoms. The van der Waals surface area contributed by atoms with Crippen molar-refractivity contribution in [2.24, 2.45) is 11.1 Å². The summed E-state index contributed by atoms with van der Waals surface area (Å²) in [4.78, 5) is 10.3. The van der Waals surface area contributed by atoms with Gasteiger partial charge in [0, 0.05) is 28.7 Å². The Morgan fingerprint density at radius 3 is 2.85 bits per heavy atom. The minimum Gasteiger partial charge on any atom is -0.481 e. The molecule has 2 N–H and O–H groups in total. The number of ether oxygens (including phenoxy) is 1. The normalized spacial score (nSPS) is 20.5. The van der Waals surface area contributed by atoms with Gasteiger partial charge in [0.25, 0.3) is 0 Å². The summed E-state index contributed by atoms with van der Waals surface area (Å²) in [6.07, 6.45) is 3.82. The molecular weight excluding hydrogens is 270 g/mol. The Bertz CT molecular complexity index is 619. The van der Waals surface area contributed by atoms with Crippen molar-refractivity contribution < 1.29 is 4.74 Å². The molecule has 0 aliphatic heterocycles. The highest BCUT2D eigenvalue weighted by Crippen LogP contribution is 2.43. The van der Waals surface area contributed by atoms with Crippen LogP contribution < -0.4 is 10.5 Å². The van der Waals surface area contributed by atoms with Crippen LogP contribution >= 0.6 is 11.3 Å². The zero-order valence-electron chi connectivity index (χ0n) is 12.0. The molecule has 2 aromatic heterocycles. The Kier molecular flexibility index (Phi) is 3.26. The predicted octanol–water partition coefficient (Wildman–Crippen LogP) is 3.19. The van der Waals surface area contributed by atoms with Gasteiger partial charge in [0.2, 0.25) is 5.88 Å². The lowest BCUT2D eigenvalue weighted by Crippen LogP contribution is -2.28. The molecule has 106 valence electrons. The zero-order chi connectivity index (χ0) is 14.3. The van der Waals surface area contributed by atoms with E-state index in [0.717, 1.165) is 29.1 Å². The van der Waals surface area contributed by atoms with Gasteiger partial charge in [-0.05, 0) is 24.3 Å². The molecule has 1 aliphatic rings. The molecule has 0 aromatic carbocycles. The van der Waals surface area contributed by atoms with Crippen LogP contribution in [0.4, 0.5) is 0 Å². The van der Waals surface area contributed by atoms with Crippen molar-refractivity contribution in [1.82, 2.24) is 9.97 Å². The number of hydrogen-bond donors (Lipinski definition) is 1. The van der Waals surface area contributed by atoms with Gasteiger partial charge in [-0.3, -0.25) is 0 Å². The van der Waals surface area contributed by atoms with Gasteiger partial charge in [0.1, 0.15) is 5.01 Å². The van der Waals surface area contributed by atoms with Crippen molar-refractivity contribution in [2.45, 2.75) is 32.7 Å². The molecule has 2 heterocycles. The van der Waals surface area contributed by atoms with E-state index in [0.29, 0.717) is 5.88 Å². The number of pyridine rings is 1. The third-order valence-electron chi connectivity index (χ3n) is 3.68. The van der Waals surface area contributed by atoms with E-state index in [1.54, 1.807) is 24.6 Å². The van der Waals surface area contributed by atoms with Crippen LogP contribution in [0.2, 0.25) is 0 Å². The van der Waals surface area contributed by atoms with E-state index in [1.807, 2.05) is 12.1 Å². The van der Waals surface area contributed by atoms with E-state index in [9.17, 15) is 0 Å². The summed E-state index contributed by atoms with van der Waals surface area (Å²) in [5.74, 6) is 0.618. The fourth-order valence-electron chi connectivity index (χ4n) is 2.74. The van der Waals surface area contributed by atoms with Crippen molar-refractivity contribution in [3.05, 3.63) is 28.9 Å². The van der Waals surface area contributed by atoms with Crippen molar-refractivity contribution >= 4 is 11.3 Å². The molecular formula is C15H19N3OS. The third kappa shape index (κ3) is 2.43. The number of aromatic nitrogens is 2. The molecule has 0 saturated carbocycles. The van der Waals surface area contributed by atoms with Gasteiger partial charge in [-0.25, -0.2) is 9.97 Å². The first-order valence-corrected chi connectivity index (χ1v) is 7.56. The number of rotatable bonds is 2. The van der Waals surface area contributed by atoms with Crippen LogP contribution in [0.3, 0.4) is 0 Å². The average molecular weight is 289 g/mol. The molecule has 0 saturated heterocycles. The van der Waals surface area contributed by atoms with Gasteiger partial charge in [-0.1, -0.05) is 13.8 Å². The van der Waals surface area contributed by atoms with Gasteiger partial charge >= 0.3 is 0 Å². The lowest BCUT2D eigenvalue weighted by Gasteiger charge is -2.32. The van der Waals surface area contributed by atoms with Gasteiger partial charge < -0.3 is 10.5 Å². The fraction of sp³-hybridized carbons (Fsp3) is 0.467. The topological polar surface area (TPSA) is 61.0 Å². The quantitative estimate of drug-likeness (QED) is 0.922. The molecule has 0 fully saturated rings. The van der Waals surface area contributed by atoms with E-state index in [-0.39, 0.29) is 11.5 Å². The molecule has 20 heavy (non-hydrogen) atoms. The largest absolute Gasteiger partial charge is 0.481 e. The van der Waals surface area contributed by atoms with E-state index in [2.05, 4.69) is 18.8 Å². The molecule has 1 atom stereocenters. The average Bonchev–Trinajstić information content (AvgIpc) is 2.81. The Morgan fingerprint density at radius 2 is 2.20 bits per heavy atom. The van der Waals surface area contributed by atoms with Crippen LogP contribution in [0.15, 0.2) is 18.3 Å². The molecule has 0 radical (unpaired) electrons. The Hall–Kier alpha value is -1.46. The van der Waals surface area contributed by atoms with E-state index in [1.165, 1.54) is 4.88 Å². The Morgan fingerprint density at radius 1 is 1.40 bits per heavy atom. The second-order valence-corrected chi connectivity index (χ2v) is 7.10. The van der Waals surface area contributed by atoms with Crippen molar-refractivity contribution in [1.29, 1.82) is 0 Å². The first-order chi connectivity index (χ1) is 9.48. The van der Waals surface area contributed by atoms with Crippen LogP contribution in [0.1, 0.15) is 36.9 Å². The molecule has 4 nitrogen and oxygen atoms in total. The van der Waals surface area contributed by atoms with Crippen molar-refractivity contribution in [2.75, 3.05) is 7.11 Å². The summed E-state index contributed by atoms with van der Waals surface area (Å²) >= 11 is 1.69.